The first kappa shape index (κ1) is 25.1. The molecule has 0 fully saturated rings. The van der Waals surface area contributed by atoms with Crippen LogP contribution in [0.15, 0.2) is 59.6 Å². The molecule has 35 heavy (non-hydrogen) atoms. The second kappa shape index (κ2) is 10.3. The number of carbonyl (C=O) groups excluding carboxylic acids is 1. The quantitative estimate of drug-likeness (QED) is 0.359. The number of aromatic nitrogens is 2. The molecule has 0 aliphatic heterocycles. The van der Waals surface area contributed by atoms with Crippen LogP contribution >= 0.6 is 0 Å². The molecule has 2 aromatic carbocycles. The molecule has 0 amide bonds. The van der Waals surface area contributed by atoms with Crippen LogP contribution in [0.2, 0.25) is 0 Å². The predicted molar refractivity (Wildman–Crippen MR) is 133 cm³/mol. The Morgan fingerprint density at radius 1 is 1.23 bits per heavy atom. The van der Waals surface area contributed by atoms with Crippen LogP contribution < -0.4 is 4.31 Å². The summed E-state index contributed by atoms with van der Waals surface area (Å²) in [7, 11) is -3.34. The van der Waals surface area contributed by atoms with Crippen LogP contribution in [0.3, 0.4) is 0 Å². The minimum Gasteiger partial charge on any atom is -0.465 e. The number of anilines is 1. The van der Waals surface area contributed by atoms with Gasteiger partial charge in [0.25, 0.3) is 11.3 Å². The zero-order valence-corrected chi connectivity index (χ0v) is 21.1. The summed E-state index contributed by atoms with van der Waals surface area (Å²) in [5, 5.41) is 4.35. The van der Waals surface area contributed by atoms with Gasteiger partial charge in [-0.1, -0.05) is 24.3 Å². The summed E-state index contributed by atoms with van der Waals surface area (Å²) < 4.78 is 54.5. The number of sulfone groups is 1. The van der Waals surface area contributed by atoms with E-state index in [0.29, 0.717) is 18.5 Å². The molecule has 1 heterocycles. The van der Waals surface area contributed by atoms with Crippen LogP contribution in [0.25, 0.3) is 11.1 Å². The lowest BCUT2D eigenvalue weighted by molar-refractivity contribution is -0.144. The molecule has 9 nitrogen and oxygen atoms in total. The maximum atomic E-state index is 12.5. The average molecular weight is 518 g/mol. The molecule has 1 aliphatic rings. The van der Waals surface area contributed by atoms with Crippen molar-refractivity contribution in [2.75, 3.05) is 17.2 Å². The molecule has 0 saturated carbocycles. The maximum Gasteiger partial charge on any atom is 0.327 e. The molecule has 2 unspecified atom stereocenters. The van der Waals surface area contributed by atoms with Crippen molar-refractivity contribution in [1.82, 2.24) is 9.78 Å². The second-order valence-electron chi connectivity index (χ2n) is 8.32. The Morgan fingerprint density at radius 3 is 2.63 bits per heavy atom. The van der Waals surface area contributed by atoms with Crippen molar-refractivity contribution in [3.63, 3.8) is 0 Å². The molecule has 0 spiro atoms. The molecule has 0 radical (unpaired) electrons. The first-order valence-electron chi connectivity index (χ1n) is 11.2. The largest absolute Gasteiger partial charge is 0.465 e. The lowest BCUT2D eigenvalue weighted by Crippen LogP contribution is -2.33. The lowest BCUT2D eigenvalue weighted by Gasteiger charge is -2.33. The summed E-state index contributed by atoms with van der Waals surface area (Å²) >= 11 is -2.30. The third-order valence-electron chi connectivity index (χ3n) is 5.98. The Bertz CT molecular complexity index is 1350. The molecule has 0 saturated heterocycles. The van der Waals surface area contributed by atoms with Gasteiger partial charge in [0.15, 0.2) is 9.84 Å². The van der Waals surface area contributed by atoms with E-state index in [1.165, 1.54) is 4.31 Å². The molecule has 3 aromatic rings. The van der Waals surface area contributed by atoms with Gasteiger partial charge in [0.1, 0.15) is 6.54 Å². The lowest BCUT2D eigenvalue weighted by atomic mass is 9.92. The van der Waals surface area contributed by atoms with Crippen molar-refractivity contribution in [2.45, 2.75) is 43.7 Å². The van der Waals surface area contributed by atoms with Crippen LogP contribution in [-0.2, 0) is 43.6 Å². The molecular formula is C24H27N3O6S2. The van der Waals surface area contributed by atoms with E-state index in [9.17, 15) is 22.0 Å². The molecular weight excluding hydrogens is 490 g/mol. The highest BCUT2D eigenvalue weighted by Gasteiger charge is 2.32. The topological polar surface area (TPSA) is 119 Å². The van der Waals surface area contributed by atoms with Crippen molar-refractivity contribution in [3.8, 4) is 11.1 Å². The molecule has 1 N–H and O–H groups in total. The molecule has 11 heteroatoms. The fraction of sp³-hybridized carbons (Fsp3) is 0.333. The first-order chi connectivity index (χ1) is 16.7. The average Bonchev–Trinajstić information content (AvgIpc) is 3.22. The van der Waals surface area contributed by atoms with E-state index in [1.807, 2.05) is 6.07 Å². The Kier molecular flexibility index (Phi) is 7.39. The molecule has 2 atom stereocenters. The zero-order valence-electron chi connectivity index (χ0n) is 19.5. The smallest absolute Gasteiger partial charge is 0.327 e. The van der Waals surface area contributed by atoms with Crippen molar-refractivity contribution >= 4 is 32.8 Å². The highest BCUT2D eigenvalue weighted by atomic mass is 32.2. The SMILES string of the molecule is CCOC(=O)Cn1ncc2c1CCCC2N(c1ccc(-c2cccc(S(C)(=O)=O)c2)cc1)S(=O)O. The Hall–Kier alpha value is -3.02. The van der Waals surface area contributed by atoms with Crippen LogP contribution in [-0.4, -0.2) is 45.8 Å². The van der Waals surface area contributed by atoms with E-state index in [0.717, 1.165) is 35.1 Å². The van der Waals surface area contributed by atoms with Gasteiger partial charge in [-0.2, -0.15) is 5.10 Å². The molecule has 1 aliphatic carbocycles. The normalized spacial score (nSPS) is 16.4. The van der Waals surface area contributed by atoms with Gasteiger partial charge in [0.2, 0.25) is 0 Å². The standard InChI is InChI=1S/C24H27N3O6S2/c1-3-33-24(28)16-26-22-8-5-9-23(21(22)15-25-26)27(34(29)30)19-12-10-17(11-13-19)18-6-4-7-20(14-18)35(2,31)32/h4,6-7,10-15,23H,3,5,8-9,16H2,1-2H3,(H,29,30). The van der Waals surface area contributed by atoms with Gasteiger partial charge >= 0.3 is 5.97 Å². The van der Waals surface area contributed by atoms with Gasteiger partial charge in [-0.3, -0.25) is 18.3 Å². The molecule has 186 valence electrons. The van der Waals surface area contributed by atoms with E-state index in [-0.39, 0.29) is 30.1 Å². The van der Waals surface area contributed by atoms with Gasteiger partial charge in [-0.05, 0) is 61.6 Å². The Balaban J connectivity index is 1.63. The zero-order chi connectivity index (χ0) is 25.2. The summed E-state index contributed by atoms with van der Waals surface area (Å²) in [6.45, 7) is 2.03. The summed E-state index contributed by atoms with van der Waals surface area (Å²) in [6, 6.07) is 13.4. The summed E-state index contributed by atoms with van der Waals surface area (Å²) in [5.41, 5.74) is 3.74. The van der Waals surface area contributed by atoms with Gasteiger partial charge in [0.05, 0.1) is 29.4 Å². The molecule has 4 rings (SSSR count). The number of hydrogen-bond donors (Lipinski definition) is 1. The second-order valence-corrected chi connectivity index (χ2v) is 11.2. The van der Waals surface area contributed by atoms with Crippen molar-refractivity contribution in [3.05, 3.63) is 66.0 Å². The number of nitrogens with zero attached hydrogens (tertiary/aromatic N) is 3. The van der Waals surface area contributed by atoms with Crippen LogP contribution in [0.1, 0.15) is 37.1 Å². The fourth-order valence-corrected chi connectivity index (χ4v) is 5.80. The van der Waals surface area contributed by atoms with Crippen molar-refractivity contribution in [1.29, 1.82) is 0 Å². The minimum atomic E-state index is -3.34. The monoisotopic (exact) mass is 517 g/mol. The number of carbonyl (C=O) groups is 1. The predicted octanol–water partition coefficient (Wildman–Crippen LogP) is 3.54. The summed E-state index contributed by atoms with van der Waals surface area (Å²) in [4.78, 5) is 12.2. The van der Waals surface area contributed by atoms with Gasteiger partial charge < -0.3 is 4.74 Å². The fourth-order valence-electron chi connectivity index (χ4n) is 4.39. The van der Waals surface area contributed by atoms with Crippen molar-refractivity contribution < 1.29 is 26.7 Å². The molecule has 0 bridgehead atoms. The third kappa shape index (κ3) is 5.47. The van der Waals surface area contributed by atoms with E-state index >= 15 is 0 Å². The third-order valence-corrected chi connectivity index (χ3v) is 7.90. The highest BCUT2D eigenvalue weighted by Crippen LogP contribution is 2.38. The van der Waals surface area contributed by atoms with Gasteiger partial charge in [-0.15, -0.1) is 0 Å². The highest BCUT2D eigenvalue weighted by molar-refractivity contribution is 7.90. The first-order valence-corrected chi connectivity index (χ1v) is 14.2. The number of ether oxygens (including phenoxy) is 1. The van der Waals surface area contributed by atoms with Gasteiger partial charge in [0, 0.05) is 17.5 Å². The van der Waals surface area contributed by atoms with Gasteiger partial charge in [-0.25, -0.2) is 12.6 Å². The number of fused-ring (bicyclic) bond motifs is 1. The van der Waals surface area contributed by atoms with E-state index < -0.39 is 21.1 Å². The number of benzene rings is 2. The number of hydrogen-bond acceptors (Lipinski definition) is 6. The Morgan fingerprint density at radius 2 is 1.97 bits per heavy atom. The van der Waals surface area contributed by atoms with E-state index in [2.05, 4.69) is 5.10 Å². The molecule has 1 aromatic heterocycles. The van der Waals surface area contributed by atoms with Crippen LogP contribution in [0.5, 0.6) is 0 Å². The van der Waals surface area contributed by atoms with E-state index in [1.54, 1.807) is 60.3 Å². The summed E-state index contributed by atoms with van der Waals surface area (Å²) in [5.74, 6) is -0.376. The maximum absolute atomic E-state index is 12.5. The number of esters is 1. The minimum absolute atomic E-state index is 0.000646. The Labute approximate surface area is 207 Å². The van der Waals surface area contributed by atoms with Crippen LogP contribution in [0.4, 0.5) is 5.69 Å². The number of rotatable bonds is 8. The van der Waals surface area contributed by atoms with Crippen molar-refractivity contribution in [2.24, 2.45) is 0 Å². The van der Waals surface area contributed by atoms with E-state index in [4.69, 9.17) is 4.74 Å². The van der Waals surface area contributed by atoms with Crippen LogP contribution in [0, 0.1) is 0 Å². The summed E-state index contributed by atoms with van der Waals surface area (Å²) in [6.07, 6.45) is 4.96.